The molecule has 1 aliphatic rings. The molecule has 0 unspecified atom stereocenters. The number of nitrogens with zero attached hydrogens (tertiary/aromatic N) is 3. The number of pyridine rings is 1. The Morgan fingerprint density at radius 3 is 2.39 bits per heavy atom. The average molecular weight is 564 g/mol. The van der Waals surface area contributed by atoms with E-state index in [1.807, 2.05) is 25.1 Å². The van der Waals surface area contributed by atoms with Gasteiger partial charge in [0.05, 0.1) is 24.6 Å². The van der Waals surface area contributed by atoms with Crippen molar-refractivity contribution in [3.05, 3.63) is 89.2 Å². The summed E-state index contributed by atoms with van der Waals surface area (Å²) in [6, 6.07) is 19.3. The number of carbonyl (C=O) groups is 1. The van der Waals surface area contributed by atoms with Crippen LogP contribution in [-0.2, 0) is 15.7 Å². The predicted octanol–water partition coefficient (Wildman–Crippen LogP) is 7.78. The summed E-state index contributed by atoms with van der Waals surface area (Å²) in [6.45, 7) is 3.43. The molecule has 0 radical (unpaired) electrons. The van der Waals surface area contributed by atoms with Crippen molar-refractivity contribution in [1.29, 1.82) is 0 Å². The Morgan fingerprint density at radius 1 is 1.00 bits per heavy atom. The molecule has 1 saturated carbocycles. The van der Waals surface area contributed by atoms with E-state index in [9.17, 15) is 18.0 Å². The van der Waals surface area contributed by atoms with Crippen LogP contribution in [0, 0.1) is 6.92 Å². The van der Waals surface area contributed by atoms with Crippen molar-refractivity contribution in [3.63, 3.8) is 0 Å². The van der Waals surface area contributed by atoms with Crippen molar-refractivity contribution >= 4 is 5.97 Å². The van der Waals surface area contributed by atoms with Crippen molar-refractivity contribution in [1.82, 2.24) is 14.8 Å². The third-order valence-corrected chi connectivity index (χ3v) is 7.64. The summed E-state index contributed by atoms with van der Waals surface area (Å²) in [6.07, 6.45) is 0.660. The first-order valence-electron chi connectivity index (χ1n) is 13.7. The second-order valence-electron chi connectivity index (χ2n) is 10.3. The zero-order chi connectivity index (χ0) is 29.1. The minimum atomic E-state index is -4.85. The normalized spacial score (nSPS) is 17.4. The summed E-state index contributed by atoms with van der Waals surface area (Å²) >= 11 is 0. The van der Waals surface area contributed by atoms with Crippen LogP contribution in [0.15, 0.2) is 66.9 Å². The molecule has 5 rings (SSSR count). The lowest BCUT2D eigenvalue weighted by Gasteiger charge is -2.28. The third kappa shape index (κ3) is 6.05. The molecular weight excluding hydrogens is 531 g/mol. The smallest absolute Gasteiger partial charge is 0.434 e. The van der Waals surface area contributed by atoms with Gasteiger partial charge in [0.15, 0.2) is 11.5 Å². The fraction of sp³-hybridized carbons (Fsp3) is 0.344. The molecule has 6 nitrogen and oxygen atoms in total. The molecule has 0 N–H and O–H groups in total. The SMILES string of the molecule is CCOC(=O)c1cnn(-c2cccc(-c3cc(C)ccc3-c3ccc([C@H]4CC[C@@H](OC)CC4)cc3)n2)c1C(F)(F)F. The molecule has 0 aliphatic heterocycles. The number of carbonyl (C=O) groups excluding carboxylic acids is 1. The molecule has 0 amide bonds. The fourth-order valence-corrected chi connectivity index (χ4v) is 5.53. The molecule has 214 valence electrons. The first-order chi connectivity index (χ1) is 19.7. The van der Waals surface area contributed by atoms with Crippen LogP contribution in [0.2, 0.25) is 0 Å². The summed E-state index contributed by atoms with van der Waals surface area (Å²) in [4.78, 5) is 16.8. The molecule has 0 saturated heterocycles. The van der Waals surface area contributed by atoms with E-state index in [-0.39, 0.29) is 12.4 Å². The van der Waals surface area contributed by atoms with E-state index in [1.54, 1.807) is 19.2 Å². The van der Waals surface area contributed by atoms with E-state index in [2.05, 4.69) is 34.3 Å². The van der Waals surface area contributed by atoms with Gasteiger partial charge >= 0.3 is 12.1 Å². The minimum Gasteiger partial charge on any atom is -0.462 e. The van der Waals surface area contributed by atoms with E-state index >= 15 is 0 Å². The first-order valence-corrected chi connectivity index (χ1v) is 13.7. The van der Waals surface area contributed by atoms with E-state index in [0.29, 0.717) is 22.4 Å². The van der Waals surface area contributed by atoms with Crippen molar-refractivity contribution < 1.29 is 27.4 Å². The molecule has 1 fully saturated rings. The number of alkyl halides is 3. The van der Waals surface area contributed by atoms with Gasteiger partial charge in [-0.3, -0.25) is 0 Å². The van der Waals surface area contributed by atoms with Crippen molar-refractivity contribution in [2.24, 2.45) is 0 Å². The van der Waals surface area contributed by atoms with Gasteiger partial charge in [-0.15, -0.1) is 0 Å². The Bertz CT molecular complexity index is 1520. The number of aromatic nitrogens is 3. The van der Waals surface area contributed by atoms with Gasteiger partial charge in [-0.25, -0.2) is 14.5 Å². The molecule has 9 heteroatoms. The van der Waals surface area contributed by atoms with E-state index < -0.39 is 23.4 Å². The second kappa shape index (κ2) is 11.9. The number of hydrogen-bond acceptors (Lipinski definition) is 5. The Hall–Kier alpha value is -3.98. The molecule has 2 aromatic heterocycles. The fourth-order valence-electron chi connectivity index (χ4n) is 5.53. The lowest BCUT2D eigenvalue weighted by Crippen LogP contribution is -2.19. The van der Waals surface area contributed by atoms with Crippen LogP contribution in [0.5, 0.6) is 0 Å². The predicted molar refractivity (Wildman–Crippen MR) is 150 cm³/mol. The van der Waals surface area contributed by atoms with Gasteiger partial charge in [0.25, 0.3) is 0 Å². The highest BCUT2D eigenvalue weighted by atomic mass is 19.4. The molecule has 4 aromatic rings. The van der Waals surface area contributed by atoms with Crippen LogP contribution in [-0.4, -0.2) is 40.6 Å². The van der Waals surface area contributed by atoms with Crippen LogP contribution in [0.3, 0.4) is 0 Å². The summed E-state index contributed by atoms with van der Waals surface area (Å²) in [5.74, 6) is -0.638. The zero-order valence-electron chi connectivity index (χ0n) is 23.2. The van der Waals surface area contributed by atoms with E-state index in [0.717, 1.165) is 54.1 Å². The number of benzene rings is 2. The molecule has 0 spiro atoms. The number of aryl methyl sites for hydroxylation is 1. The lowest BCUT2D eigenvalue weighted by atomic mass is 9.82. The quantitative estimate of drug-likeness (QED) is 0.215. The Labute approximate surface area is 237 Å². The van der Waals surface area contributed by atoms with Gasteiger partial charge in [-0.05, 0) is 80.3 Å². The van der Waals surface area contributed by atoms with Crippen LogP contribution in [0.4, 0.5) is 13.2 Å². The molecule has 41 heavy (non-hydrogen) atoms. The number of rotatable bonds is 7. The van der Waals surface area contributed by atoms with Crippen molar-refractivity contribution in [2.45, 2.75) is 57.7 Å². The van der Waals surface area contributed by atoms with E-state index in [4.69, 9.17) is 9.47 Å². The second-order valence-corrected chi connectivity index (χ2v) is 10.3. The topological polar surface area (TPSA) is 66.2 Å². The summed E-state index contributed by atoms with van der Waals surface area (Å²) in [7, 11) is 1.77. The summed E-state index contributed by atoms with van der Waals surface area (Å²) in [5.41, 5.74) is 3.59. The van der Waals surface area contributed by atoms with E-state index in [1.165, 1.54) is 18.6 Å². The highest BCUT2D eigenvalue weighted by molar-refractivity contribution is 5.91. The minimum absolute atomic E-state index is 0.0545. The molecule has 2 heterocycles. The van der Waals surface area contributed by atoms with Gasteiger partial charge < -0.3 is 9.47 Å². The largest absolute Gasteiger partial charge is 0.462 e. The standard InChI is InChI=1S/C32H32F3N3O3/c1-4-41-31(39)27-19-36-38(30(27)32(33,34)35)29-7-5-6-28(37-29)26-18-20(2)8-17-25(26)23-11-9-21(10-12-23)22-13-15-24(40-3)16-14-22/h5-12,17-19,22,24H,4,13-16H2,1-3H3/t22-,24+. The maximum Gasteiger partial charge on any atom is 0.434 e. The van der Waals surface area contributed by atoms with Crippen LogP contribution >= 0.6 is 0 Å². The number of esters is 1. The van der Waals surface area contributed by atoms with Gasteiger partial charge in [0.2, 0.25) is 0 Å². The lowest BCUT2D eigenvalue weighted by molar-refractivity contribution is -0.143. The third-order valence-electron chi connectivity index (χ3n) is 7.64. The number of hydrogen-bond donors (Lipinski definition) is 0. The summed E-state index contributed by atoms with van der Waals surface area (Å²) in [5, 5.41) is 3.88. The number of halogens is 3. The monoisotopic (exact) mass is 563 g/mol. The summed E-state index contributed by atoms with van der Waals surface area (Å²) < 4.78 is 53.3. The van der Waals surface area contributed by atoms with Crippen molar-refractivity contribution in [2.75, 3.05) is 13.7 Å². The Kier molecular flexibility index (Phi) is 8.26. The molecule has 1 aliphatic carbocycles. The molecule has 2 aromatic carbocycles. The maximum atomic E-state index is 14.1. The average Bonchev–Trinajstić information content (AvgIpc) is 3.44. The van der Waals surface area contributed by atoms with Gasteiger partial charge in [0.1, 0.15) is 5.56 Å². The number of methoxy groups -OCH3 is 1. The number of ether oxygens (including phenoxy) is 2. The Balaban J connectivity index is 1.51. The van der Waals surface area contributed by atoms with Crippen LogP contribution < -0.4 is 0 Å². The highest BCUT2D eigenvalue weighted by Gasteiger charge is 2.41. The van der Waals surface area contributed by atoms with Crippen molar-refractivity contribution in [3.8, 4) is 28.2 Å². The Morgan fingerprint density at radius 2 is 1.73 bits per heavy atom. The van der Waals surface area contributed by atoms with Gasteiger partial charge in [-0.2, -0.15) is 18.3 Å². The van der Waals surface area contributed by atoms with Crippen LogP contribution in [0.25, 0.3) is 28.2 Å². The van der Waals surface area contributed by atoms with Crippen LogP contribution in [0.1, 0.15) is 65.7 Å². The molecule has 0 atom stereocenters. The van der Waals surface area contributed by atoms with Gasteiger partial charge in [-0.1, -0.05) is 48.0 Å². The zero-order valence-corrected chi connectivity index (χ0v) is 23.2. The maximum absolute atomic E-state index is 14.1. The first kappa shape index (κ1) is 28.5. The molecule has 0 bridgehead atoms. The molecular formula is C32H32F3N3O3. The highest BCUT2D eigenvalue weighted by Crippen LogP contribution is 2.38. The van der Waals surface area contributed by atoms with Gasteiger partial charge in [0, 0.05) is 12.7 Å².